The second kappa shape index (κ2) is 20.7. The standard InChI is InChI=1S/C30H38O8S6/c1-4-24(31)36-20(3)30(44-12-10-27-42-15-16-43-27)38-29(34)22-8-6-7-21(17-22)28(33)35-18-23(37-25(32)5-2)19-39-11-9-26-40-13-14-41-26/h4-8,17,20,23,26-27,30H,1-2,9-16,18-19H2,3H3. The number of hydrogen-bond donors (Lipinski definition) is 0. The Morgan fingerprint density at radius 2 is 1.43 bits per heavy atom. The molecule has 0 bridgehead atoms. The number of carbonyl (C=O) groups is 4. The average Bonchev–Trinajstić information content (AvgIpc) is 3.75. The monoisotopic (exact) mass is 718 g/mol. The molecule has 1 aromatic rings. The fraction of sp³-hybridized carbons (Fsp3) is 0.533. The van der Waals surface area contributed by atoms with E-state index >= 15 is 0 Å². The number of hydrogen-bond acceptors (Lipinski definition) is 14. The van der Waals surface area contributed by atoms with Crippen LogP contribution in [0.5, 0.6) is 0 Å². The number of thioether (sulfide) groups is 6. The zero-order valence-corrected chi connectivity index (χ0v) is 29.5. The van der Waals surface area contributed by atoms with Crippen molar-refractivity contribution in [3.8, 4) is 0 Å². The number of benzene rings is 1. The van der Waals surface area contributed by atoms with Crippen LogP contribution in [0.2, 0.25) is 0 Å². The van der Waals surface area contributed by atoms with Crippen LogP contribution in [0.3, 0.4) is 0 Å². The summed E-state index contributed by atoms with van der Waals surface area (Å²) < 4.78 is 23.1. The topological polar surface area (TPSA) is 105 Å². The summed E-state index contributed by atoms with van der Waals surface area (Å²) >= 11 is 10.8. The Morgan fingerprint density at radius 3 is 2.05 bits per heavy atom. The molecule has 3 atom stereocenters. The molecule has 3 rings (SSSR count). The molecule has 8 nitrogen and oxygen atoms in total. The van der Waals surface area contributed by atoms with Crippen molar-refractivity contribution in [3.63, 3.8) is 0 Å². The first kappa shape index (κ1) is 37.1. The molecule has 0 aromatic heterocycles. The van der Waals surface area contributed by atoms with E-state index in [0.717, 1.165) is 48.0 Å². The zero-order valence-electron chi connectivity index (χ0n) is 24.6. The van der Waals surface area contributed by atoms with Gasteiger partial charge in [0.1, 0.15) is 18.8 Å². The predicted molar refractivity (Wildman–Crippen MR) is 188 cm³/mol. The molecule has 0 amide bonds. The molecule has 0 aliphatic carbocycles. The van der Waals surface area contributed by atoms with Crippen molar-refractivity contribution in [2.24, 2.45) is 0 Å². The third kappa shape index (κ3) is 13.6. The summed E-state index contributed by atoms with van der Waals surface area (Å²) in [5, 5.41) is 0. The van der Waals surface area contributed by atoms with E-state index in [9.17, 15) is 19.2 Å². The molecule has 2 saturated heterocycles. The van der Waals surface area contributed by atoms with Gasteiger partial charge in [-0.2, -0.15) is 11.8 Å². The lowest BCUT2D eigenvalue weighted by atomic mass is 10.1. The molecule has 0 radical (unpaired) electrons. The maximum atomic E-state index is 13.1. The molecular formula is C30H38O8S6. The van der Waals surface area contributed by atoms with Gasteiger partial charge in [0.25, 0.3) is 0 Å². The van der Waals surface area contributed by atoms with Crippen LogP contribution in [0.4, 0.5) is 0 Å². The van der Waals surface area contributed by atoms with E-state index in [-0.39, 0.29) is 17.7 Å². The molecule has 1 aromatic carbocycles. The summed E-state index contributed by atoms with van der Waals surface area (Å²) in [4.78, 5) is 49.7. The van der Waals surface area contributed by atoms with Gasteiger partial charge in [-0.25, -0.2) is 19.2 Å². The molecule has 2 heterocycles. The third-order valence-electron chi connectivity index (χ3n) is 6.08. The maximum Gasteiger partial charge on any atom is 0.339 e. The second-order valence-electron chi connectivity index (χ2n) is 9.43. The summed E-state index contributed by atoms with van der Waals surface area (Å²) in [6.07, 6.45) is 2.78. The Balaban J connectivity index is 1.55. The molecule has 0 saturated carbocycles. The van der Waals surface area contributed by atoms with Crippen molar-refractivity contribution in [3.05, 3.63) is 60.7 Å². The summed E-state index contributed by atoms with van der Waals surface area (Å²) in [6, 6.07) is 6.04. The van der Waals surface area contributed by atoms with E-state index in [0.29, 0.717) is 14.9 Å². The minimum atomic E-state index is -0.748. The quantitative estimate of drug-likeness (QED) is 0.0518. The van der Waals surface area contributed by atoms with Gasteiger partial charge in [0.05, 0.1) is 20.3 Å². The molecule has 0 spiro atoms. The Bertz CT molecular complexity index is 1120. The minimum Gasteiger partial charge on any atom is -0.458 e. The van der Waals surface area contributed by atoms with Crippen molar-refractivity contribution in [2.75, 3.05) is 46.9 Å². The Kier molecular flexibility index (Phi) is 17.5. The Hall–Kier alpha value is -1.32. The lowest BCUT2D eigenvalue weighted by Gasteiger charge is -2.24. The van der Waals surface area contributed by atoms with Gasteiger partial charge in [-0.05, 0) is 49.5 Å². The highest BCUT2D eigenvalue weighted by Crippen LogP contribution is 2.36. The Labute approximate surface area is 285 Å². The van der Waals surface area contributed by atoms with E-state index < -0.39 is 41.5 Å². The largest absolute Gasteiger partial charge is 0.458 e. The first-order chi connectivity index (χ1) is 21.3. The zero-order chi connectivity index (χ0) is 31.7. The van der Waals surface area contributed by atoms with Gasteiger partial charge in [-0.1, -0.05) is 19.2 Å². The van der Waals surface area contributed by atoms with Crippen LogP contribution in [0.1, 0.15) is 40.5 Å². The molecule has 2 fully saturated rings. The highest BCUT2D eigenvalue weighted by atomic mass is 32.2. The molecule has 44 heavy (non-hydrogen) atoms. The van der Waals surface area contributed by atoms with Gasteiger partial charge in [0.15, 0.2) is 5.44 Å². The van der Waals surface area contributed by atoms with Crippen molar-refractivity contribution >= 4 is 94.4 Å². The molecule has 242 valence electrons. The first-order valence-electron chi connectivity index (χ1n) is 14.1. The Morgan fingerprint density at radius 1 is 0.864 bits per heavy atom. The molecule has 3 unspecified atom stereocenters. The van der Waals surface area contributed by atoms with Gasteiger partial charge in [-0.3, -0.25) is 0 Å². The molecular weight excluding hydrogens is 681 g/mol. The highest BCUT2D eigenvalue weighted by Gasteiger charge is 2.27. The minimum absolute atomic E-state index is 0.129. The van der Waals surface area contributed by atoms with E-state index in [4.69, 9.17) is 18.9 Å². The summed E-state index contributed by atoms with van der Waals surface area (Å²) in [6.45, 7) is 8.41. The maximum absolute atomic E-state index is 13.1. The predicted octanol–water partition coefficient (Wildman–Crippen LogP) is 6.40. The average molecular weight is 719 g/mol. The van der Waals surface area contributed by atoms with Gasteiger partial charge in [-0.15, -0.1) is 58.8 Å². The number of esters is 4. The summed E-state index contributed by atoms with van der Waals surface area (Å²) in [5.74, 6) is 4.22. The first-order valence-corrected chi connectivity index (χ1v) is 20.5. The van der Waals surface area contributed by atoms with Gasteiger partial charge < -0.3 is 18.9 Å². The normalized spacial score (nSPS) is 17.3. The van der Waals surface area contributed by atoms with E-state index in [1.165, 1.54) is 35.4 Å². The molecule has 14 heteroatoms. The second-order valence-corrected chi connectivity index (χ2v) is 17.6. The lowest BCUT2D eigenvalue weighted by molar-refractivity contribution is -0.145. The summed E-state index contributed by atoms with van der Waals surface area (Å²) in [7, 11) is 0. The lowest BCUT2D eigenvalue weighted by Crippen LogP contribution is -2.31. The molecule has 2 aliphatic rings. The van der Waals surface area contributed by atoms with Crippen LogP contribution in [-0.2, 0) is 28.5 Å². The van der Waals surface area contributed by atoms with Crippen molar-refractivity contribution < 1.29 is 38.1 Å². The molecule has 2 aliphatic heterocycles. The van der Waals surface area contributed by atoms with E-state index in [2.05, 4.69) is 13.2 Å². The van der Waals surface area contributed by atoms with Crippen LogP contribution >= 0.6 is 70.6 Å². The SMILES string of the molecule is C=CC(=O)OC(COC(=O)c1cccc(C(=O)OC(SCCC2SCCS2)C(C)OC(=O)C=C)c1)CSCCC1SCCS1. The van der Waals surface area contributed by atoms with Gasteiger partial charge in [0.2, 0.25) is 0 Å². The van der Waals surface area contributed by atoms with Crippen LogP contribution < -0.4 is 0 Å². The van der Waals surface area contributed by atoms with Gasteiger partial charge in [0, 0.05) is 40.9 Å². The van der Waals surface area contributed by atoms with E-state index in [1.807, 2.05) is 47.0 Å². The van der Waals surface area contributed by atoms with E-state index in [1.54, 1.807) is 30.8 Å². The molecule has 0 N–H and O–H groups in total. The summed E-state index contributed by atoms with van der Waals surface area (Å²) in [5.41, 5.74) is -0.439. The number of ether oxygens (including phenoxy) is 4. The van der Waals surface area contributed by atoms with Crippen LogP contribution in [-0.4, -0.2) is 97.6 Å². The van der Waals surface area contributed by atoms with Crippen LogP contribution in [0.15, 0.2) is 49.6 Å². The van der Waals surface area contributed by atoms with Crippen LogP contribution in [0.25, 0.3) is 0 Å². The van der Waals surface area contributed by atoms with Crippen molar-refractivity contribution in [2.45, 2.75) is 46.6 Å². The third-order valence-corrected chi connectivity index (χ3v) is 14.8. The fourth-order valence-corrected chi connectivity index (χ4v) is 12.2. The highest BCUT2D eigenvalue weighted by molar-refractivity contribution is 8.20. The number of carbonyl (C=O) groups excluding carboxylic acids is 4. The van der Waals surface area contributed by atoms with Crippen LogP contribution in [0, 0.1) is 0 Å². The number of rotatable bonds is 19. The fourth-order valence-electron chi connectivity index (χ4n) is 3.90. The van der Waals surface area contributed by atoms with Crippen molar-refractivity contribution in [1.29, 1.82) is 0 Å². The van der Waals surface area contributed by atoms with Gasteiger partial charge >= 0.3 is 23.9 Å². The van der Waals surface area contributed by atoms with Crippen molar-refractivity contribution in [1.82, 2.24) is 0 Å². The smallest absolute Gasteiger partial charge is 0.339 e.